The van der Waals surface area contributed by atoms with Gasteiger partial charge < -0.3 is 10.6 Å². The van der Waals surface area contributed by atoms with Gasteiger partial charge in [0.1, 0.15) is 16.2 Å². The lowest BCUT2D eigenvalue weighted by atomic mass is 10.2. The van der Waals surface area contributed by atoms with Gasteiger partial charge in [0, 0.05) is 40.7 Å². The van der Waals surface area contributed by atoms with E-state index in [0.29, 0.717) is 23.5 Å². The summed E-state index contributed by atoms with van der Waals surface area (Å²) in [5.74, 6) is 0.497. The molecule has 2 amide bonds. The van der Waals surface area contributed by atoms with E-state index >= 15 is 0 Å². The van der Waals surface area contributed by atoms with Crippen molar-refractivity contribution in [3.8, 4) is 0 Å². The highest BCUT2D eigenvalue weighted by atomic mass is 32.2. The Morgan fingerprint density at radius 3 is 2.61 bits per heavy atom. The first kappa shape index (κ1) is 18.9. The smallest absolute Gasteiger partial charge is 0.225 e. The van der Waals surface area contributed by atoms with Crippen LogP contribution in [0.15, 0.2) is 35.6 Å². The molecular formula is C20H20N4O2S2. The van der Waals surface area contributed by atoms with E-state index in [9.17, 15) is 9.59 Å². The molecule has 0 radical (unpaired) electrons. The van der Waals surface area contributed by atoms with Crippen LogP contribution in [0.1, 0.15) is 30.2 Å². The molecule has 28 heavy (non-hydrogen) atoms. The van der Waals surface area contributed by atoms with Crippen LogP contribution in [0, 0.1) is 0 Å². The number of aryl methyl sites for hydroxylation is 2. The molecule has 8 heteroatoms. The number of anilines is 2. The molecule has 2 N–H and O–H groups in total. The van der Waals surface area contributed by atoms with Crippen molar-refractivity contribution in [2.24, 2.45) is 0 Å². The number of benzene rings is 1. The second kappa shape index (κ2) is 8.28. The Hall–Kier alpha value is -2.45. The maximum absolute atomic E-state index is 12.2. The average molecular weight is 413 g/mol. The number of hydrogen-bond acceptors (Lipinski definition) is 6. The van der Waals surface area contributed by atoms with Crippen molar-refractivity contribution in [2.45, 2.75) is 37.6 Å². The van der Waals surface area contributed by atoms with Gasteiger partial charge in [-0.3, -0.25) is 9.59 Å². The lowest BCUT2D eigenvalue weighted by Gasteiger charge is -2.07. The number of aromatic nitrogens is 2. The first-order valence-corrected chi connectivity index (χ1v) is 11.0. The fourth-order valence-corrected chi connectivity index (χ4v) is 5.57. The van der Waals surface area contributed by atoms with Crippen molar-refractivity contribution in [3.05, 3.63) is 41.0 Å². The zero-order chi connectivity index (χ0) is 19.5. The predicted molar refractivity (Wildman–Crippen MR) is 114 cm³/mol. The number of thioether (sulfide) groups is 1. The Morgan fingerprint density at radius 2 is 1.86 bits per heavy atom. The van der Waals surface area contributed by atoms with E-state index < -0.39 is 0 Å². The fraction of sp³-hybridized carbons (Fsp3) is 0.300. The van der Waals surface area contributed by atoms with Crippen LogP contribution >= 0.6 is 23.1 Å². The summed E-state index contributed by atoms with van der Waals surface area (Å²) in [4.78, 5) is 34.7. The largest absolute Gasteiger partial charge is 0.326 e. The SMILES string of the molecule is CC(=O)Nc1ccc(NC(=O)CCSc2ncnc3sc4c(c23)CCC4)cc1. The molecule has 0 atom stereocenters. The number of carbonyl (C=O) groups is 2. The summed E-state index contributed by atoms with van der Waals surface area (Å²) >= 11 is 3.39. The van der Waals surface area contributed by atoms with Gasteiger partial charge in [-0.15, -0.1) is 23.1 Å². The molecule has 2 heterocycles. The first-order valence-electron chi connectivity index (χ1n) is 9.15. The van der Waals surface area contributed by atoms with Gasteiger partial charge in [0.2, 0.25) is 11.8 Å². The Balaban J connectivity index is 1.33. The first-order chi connectivity index (χ1) is 13.6. The molecule has 0 saturated heterocycles. The Labute approximate surface area is 171 Å². The highest BCUT2D eigenvalue weighted by Crippen LogP contribution is 2.40. The van der Waals surface area contributed by atoms with Gasteiger partial charge in [-0.25, -0.2) is 9.97 Å². The predicted octanol–water partition coefficient (Wildman–Crippen LogP) is 4.26. The van der Waals surface area contributed by atoms with Crippen molar-refractivity contribution in [1.29, 1.82) is 0 Å². The average Bonchev–Trinajstić information content (AvgIpc) is 3.24. The number of nitrogens with one attached hydrogen (secondary N) is 2. The monoisotopic (exact) mass is 412 g/mol. The molecule has 1 aliphatic carbocycles. The minimum absolute atomic E-state index is 0.0411. The lowest BCUT2D eigenvalue weighted by Crippen LogP contribution is -2.12. The summed E-state index contributed by atoms with van der Waals surface area (Å²) in [6, 6.07) is 7.08. The van der Waals surface area contributed by atoms with E-state index in [1.165, 1.54) is 29.2 Å². The molecule has 4 rings (SSSR count). The molecule has 3 aromatic rings. The van der Waals surface area contributed by atoms with E-state index in [0.717, 1.165) is 22.7 Å². The number of fused-ring (bicyclic) bond motifs is 3. The topological polar surface area (TPSA) is 84.0 Å². The fourth-order valence-electron chi connectivity index (χ4n) is 3.31. The van der Waals surface area contributed by atoms with E-state index in [1.54, 1.807) is 53.7 Å². The van der Waals surface area contributed by atoms with Gasteiger partial charge in [0.05, 0.1) is 0 Å². The van der Waals surface area contributed by atoms with Crippen LogP contribution in [0.25, 0.3) is 10.2 Å². The number of thiophene rings is 1. The van der Waals surface area contributed by atoms with E-state index in [2.05, 4.69) is 20.6 Å². The van der Waals surface area contributed by atoms with Crippen molar-refractivity contribution in [1.82, 2.24) is 9.97 Å². The van der Waals surface area contributed by atoms with Gasteiger partial charge >= 0.3 is 0 Å². The second-order valence-corrected chi connectivity index (χ2v) is 8.79. The Kier molecular flexibility index (Phi) is 5.59. The maximum atomic E-state index is 12.2. The number of carbonyl (C=O) groups excluding carboxylic acids is 2. The molecule has 1 aromatic carbocycles. The van der Waals surface area contributed by atoms with Gasteiger partial charge in [-0.05, 0) is 49.1 Å². The number of hydrogen-bond donors (Lipinski definition) is 2. The van der Waals surface area contributed by atoms with Crippen LogP contribution in [0.5, 0.6) is 0 Å². The van der Waals surface area contributed by atoms with Gasteiger partial charge in [0.15, 0.2) is 0 Å². The Morgan fingerprint density at radius 1 is 1.11 bits per heavy atom. The summed E-state index contributed by atoms with van der Waals surface area (Å²) in [6.07, 6.45) is 5.47. The third-order valence-corrected chi connectivity index (χ3v) is 6.71. The van der Waals surface area contributed by atoms with E-state index in [1.807, 2.05) is 0 Å². The summed E-state index contributed by atoms with van der Waals surface area (Å²) in [7, 11) is 0. The van der Waals surface area contributed by atoms with Crippen LogP contribution in [0.2, 0.25) is 0 Å². The van der Waals surface area contributed by atoms with E-state index in [-0.39, 0.29) is 11.8 Å². The molecule has 0 fully saturated rings. The molecule has 6 nitrogen and oxygen atoms in total. The molecule has 0 bridgehead atoms. The van der Waals surface area contributed by atoms with Crippen LogP contribution in [0.3, 0.4) is 0 Å². The minimum Gasteiger partial charge on any atom is -0.326 e. The summed E-state index contributed by atoms with van der Waals surface area (Å²) in [5.41, 5.74) is 2.83. The van der Waals surface area contributed by atoms with Crippen molar-refractivity contribution in [3.63, 3.8) is 0 Å². The summed E-state index contributed by atoms with van der Waals surface area (Å²) < 4.78 is 0. The third-order valence-electron chi connectivity index (χ3n) is 4.52. The van der Waals surface area contributed by atoms with Gasteiger partial charge in [-0.2, -0.15) is 0 Å². The number of amides is 2. The van der Waals surface area contributed by atoms with Crippen LogP contribution < -0.4 is 10.6 Å². The van der Waals surface area contributed by atoms with Crippen molar-refractivity contribution in [2.75, 3.05) is 16.4 Å². The zero-order valence-electron chi connectivity index (χ0n) is 15.4. The minimum atomic E-state index is -0.121. The molecule has 0 unspecified atom stereocenters. The Bertz CT molecular complexity index is 1030. The number of rotatable bonds is 6. The van der Waals surface area contributed by atoms with Gasteiger partial charge in [-0.1, -0.05) is 0 Å². The highest BCUT2D eigenvalue weighted by Gasteiger charge is 2.21. The molecule has 1 aliphatic rings. The quantitative estimate of drug-likeness (QED) is 0.467. The molecule has 2 aromatic heterocycles. The van der Waals surface area contributed by atoms with E-state index in [4.69, 9.17) is 0 Å². The normalized spacial score (nSPS) is 12.8. The van der Waals surface area contributed by atoms with Crippen molar-refractivity contribution < 1.29 is 9.59 Å². The zero-order valence-corrected chi connectivity index (χ0v) is 17.1. The molecule has 0 spiro atoms. The second-order valence-electron chi connectivity index (χ2n) is 6.62. The summed E-state index contributed by atoms with van der Waals surface area (Å²) in [6.45, 7) is 1.46. The van der Waals surface area contributed by atoms with Crippen LogP contribution in [-0.2, 0) is 22.4 Å². The van der Waals surface area contributed by atoms with Crippen LogP contribution in [-0.4, -0.2) is 27.5 Å². The van der Waals surface area contributed by atoms with Crippen LogP contribution in [0.4, 0.5) is 11.4 Å². The maximum Gasteiger partial charge on any atom is 0.225 e. The number of nitrogens with zero attached hydrogens (tertiary/aromatic N) is 2. The van der Waals surface area contributed by atoms with Crippen molar-refractivity contribution >= 4 is 56.5 Å². The standard InChI is InChI=1S/C20H20N4O2S2/c1-12(25)23-13-5-7-14(8-6-13)24-17(26)9-10-27-19-18-15-3-2-4-16(15)28-20(18)22-11-21-19/h5-8,11H,2-4,9-10H2,1H3,(H,23,25)(H,24,26). The lowest BCUT2D eigenvalue weighted by molar-refractivity contribution is -0.116. The molecule has 144 valence electrons. The van der Waals surface area contributed by atoms with Gasteiger partial charge in [0.25, 0.3) is 0 Å². The molecule has 0 saturated carbocycles. The third kappa shape index (κ3) is 4.18. The molecular weight excluding hydrogens is 392 g/mol. The molecule has 0 aliphatic heterocycles. The highest BCUT2D eigenvalue weighted by molar-refractivity contribution is 7.99. The summed E-state index contributed by atoms with van der Waals surface area (Å²) in [5, 5.41) is 7.77.